The lowest BCUT2D eigenvalue weighted by Gasteiger charge is -2.11. The van der Waals surface area contributed by atoms with Crippen molar-refractivity contribution in [1.82, 2.24) is 19.9 Å². The maximum atomic E-state index is 13.4. The van der Waals surface area contributed by atoms with Gasteiger partial charge in [-0.05, 0) is 53.8 Å². The van der Waals surface area contributed by atoms with Crippen LogP contribution < -0.4 is 5.32 Å². The number of amides is 1. The smallest absolute Gasteiger partial charge is 0.251 e. The number of hydrogen-bond donors (Lipinski definition) is 1. The lowest BCUT2D eigenvalue weighted by atomic mass is 10.1. The van der Waals surface area contributed by atoms with E-state index in [4.69, 9.17) is 16.6 Å². The monoisotopic (exact) mass is 496 g/mol. The minimum absolute atomic E-state index is 0.0584. The number of aromatic nitrogens is 3. The largest absolute Gasteiger partial charge is 0.352 e. The van der Waals surface area contributed by atoms with Crippen LogP contribution >= 0.6 is 23.4 Å². The zero-order valence-corrected chi connectivity index (χ0v) is 20.7. The molecule has 0 saturated carbocycles. The van der Waals surface area contributed by atoms with Crippen molar-refractivity contribution in [3.63, 3.8) is 0 Å². The van der Waals surface area contributed by atoms with Crippen LogP contribution in [0.2, 0.25) is 5.02 Å². The highest BCUT2D eigenvalue weighted by Gasteiger charge is 2.14. The molecule has 4 rings (SSSR count). The van der Waals surface area contributed by atoms with Gasteiger partial charge in [0.05, 0.1) is 23.8 Å². The Bertz CT molecular complexity index is 1290. The van der Waals surface area contributed by atoms with Gasteiger partial charge in [-0.25, -0.2) is 9.37 Å². The van der Waals surface area contributed by atoms with E-state index in [1.54, 1.807) is 18.5 Å². The molecule has 0 saturated heterocycles. The molecule has 5 nitrogen and oxygen atoms in total. The Labute approximate surface area is 207 Å². The number of fused-ring (bicyclic) bond motifs is 1. The van der Waals surface area contributed by atoms with E-state index in [9.17, 15) is 9.18 Å². The van der Waals surface area contributed by atoms with Crippen molar-refractivity contribution < 1.29 is 9.18 Å². The van der Waals surface area contributed by atoms with Gasteiger partial charge in [-0.2, -0.15) is 0 Å². The van der Waals surface area contributed by atoms with Crippen molar-refractivity contribution >= 4 is 40.3 Å². The Hall–Kier alpha value is -2.90. The van der Waals surface area contributed by atoms with E-state index in [1.807, 2.05) is 30.3 Å². The third-order valence-corrected chi connectivity index (χ3v) is 6.83. The van der Waals surface area contributed by atoms with Gasteiger partial charge in [-0.3, -0.25) is 9.78 Å². The first-order valence-corrected chi connectivity index (χ1v) is 12.5. The molecule has 0 aliphatic carbocycles. The highest BCUT2D eigenvalue weighted by molar-refractivity contribution is 7.98. The molecule has 4 aromatic rings. The standard InChI is InChI=1S/C26H26ClFN4OS/c1-17(2)9-12-30-25(33)19-5-3-18(4-6-19)15-32-24-14-29-11-10-23(24)31-26(32)34-16-20-7-8-21(28)13-22(20)27/h3-8,10-11,13-14,17H,9,12,15-16H2,1-2H3,(H,30,33). The second-order valence-corrected chi connectivity index (χ2v) is 9.85. The Balaban J connectivity index is 1.51. The van der Waals surface area contributed by atoms with Crippen LogP contribution in [0, 0.1) is 11.7 Å². The molecule has 1 N–H and O–H groups in total. The number of hydrogen-bond acceptors (Lipinski definition) is 4. The first-order chi connectivity index (χ1) is 16.4. The van der Waals surface area contributed by atoms with Crippen molar-refractivity contribution in [3.05, 3.63) is 88.5 Å². The second-order valence-electron chi connectivity index (χ2n) is 8.50. The first-order valence-electron chi connectivity index (χ1n) is 11.1. The number of carbonyl (C=O) groups excluding carboxylic acids is 1. The summed E-state index contributed by atoms with van der Waals surface area (Å²) in [5.41, 5.74) is 4.31. The predicted molar refractivity (Wildman–Crippen MR) is 136 cm³/mol. The van der Waals surface area contributed by atoms with Gasteiger partial charge in [-0.15, -0.1) is 0 Å². The molecule has 0 spiro atoms. The predicted octanol–water partition coefficient (Wildman–Crippen LogP) is 6.34. The van der Waals surface area contributed by atoms with Crippen molar-refractivity contribution in [1.29, 1.82) is 0 Å². The molecule has 2 aromatic carbocycles. The normalized spacial score (nSPS) is 11.3. The van der Waals surface area contributed by atoms with Crippen LogP contribution in [-0.4, -0.2) is 27.0 Å². The topological polar surface area (TPSA) is 59.8 Å². The number of carbonyl (C=O) groups is 1. The first kappa shape index (κ1) is 24.2. The minimum Gasteiger partial charge on any atom is -0.352 e. The summed E-state index contributed by atoms with van der Waals surface area (Å²) in [6.07, 6.45) is 4.47. The van der Waals surface area contributed by atoms with Gasteiger partial charge in [0.2, 0.25) is 0 Å². The van der Waals surface area contributed by atoms with Crippen molar-refractivity contribution in [2.24, 2.45) is 5.92 Å². The average Bonchev–Trinajstić information content (AvgIpc) is 3.16. The summed E-state index contributed by atoms with van der Waals surface area (Å²) in [7, 11) is 0. The molecule has 2 aromatic heterocycles. The quantitative estimate of drug-likeness (QED) is 0.275. The van der Waals surface area contributed by atoms with Gasteiger partial charge in [0.15, 0.2) is 5.16 Å². The van der Waals surface area contributed by atoms with Crippen LogP contribution in [0.25, 0.3) is 11.0 Å². The number of pyridine rings is 1. The SMILES string of the molecule is CC(C)CCNC(=O)c1ccc(Cn2c(SCc3ccc(F)cc3Cl)nc3ccncc32)cc1. The molecule has 0 aliphatic rings. The molecular formula is C26H26ClFN4OS. The van der Waals surface area contributed by atoms with E-state index in [0.29, 0.717) is 35.3 Å². The summed E-state index contributed by atoms with van der Waals surface area (Å²) in [6.45, 7) is 5.52. The molecule has 0 radical (unpaired) electrons. The zero-order chi connectivity index (χ0) is 24.1. The molecule has 34 heavy (non-hydrogen) atoms. The third kappa shape index (κ3) is 5.96. The van der Waals surface area contributed by atoms with E-state index >= 15 is 0 Å². The van der Waals surface area contributed by atoms with Crippen molar-refractivity contribution in [2.45, 2.75) is 37.7 Å². The van der Waals surface area contributed by atoms with Crippen LogP contribution in [0.3, 0.4) is 0 Å². The number of benzene rings is 2. The van der Waals surface area contributed by atoms with Crippen LogP contribution in [0.5, 0.6) is 0 Å². The minimum atomic E-state index is -0.353. The molecule has 0 fully saturated rings. The van der Waals surface area contributed by atoms with E-state index in [0.717, 1.165) is 33.7 Å². The molecular weight excluding hydrogens is 471 g/mol. The molecule has 176 valence electrons. The molecule has 0 atom stereocenters. The Morgan fingerprint density at radius 1 is 1.18 bits per heavy atom. The zero-order valence-electron chi connectivity index (χ0n) is 19.1. The highest BCUT2D eigenvalue weighted by Crippen LogP contribution is 2.30. The van der Waals surface area contributed by atoms with Crippen LogP contribution in [-0.2, 0) is 12.3 Å². The van der Waals surface area contributed by atoms with E-state index in [-0.39, 0.29) is 11.7 Å². The lowest BCUT2D eigenvalue weighted by Crippen LogP contribution is -2.25. The van der Waals surface area contributed by atoms with E-state index in [2.05, 4.69) is 28.7 Å². The molecule has 0 unspecified atom stereocenters. The van der Waals surface area contributed by atoms with Gasteiger partial charge < -0.3 is 9.88 Å². The number of rotatable bonds is 9. The summed E-state index contributed by atoms with van der Waals surface area (Å²) in [6, 6.07) is 13.9. The summed E-state index contributed by atoms with van der Waals surface area (Å²) in [5.74, 6) is 0.699. The van der Waals surface area contributed by atoms with Gasteiger partial charge in [0.1, 0.15) is 5.82 Å². The fourth-order valence-electron chi connectivity index (χ4n) is 3.51. The van der Waals surface area contributed by atoms with Crippen molar-refractivity contribution in [3.8, 4) is 0 Å². The lowest BCUT2D eigenvalue weighted by molar-refractivity contribution is 0.0952. The summed E-state index contributed by atoms with van der Waals surface area (Å²) in [4.78, 5) is 21.4. The summed E-state index contributed by atoms with van der Waals surface area (Å²) >= 11 is 7.75. The van der Waals surface area contributed by atoms with Crippen LogP contribution in [0.1, 0.15) is 41.8 Å². The maximum Gasteiger partial charge on any atom is 0.251 e. The van der Waals surface area contributed by atoms with Gasteiger partial charge in [-0.1, -0.05) is 55.4 Å². The third-order valence-electron chi connectivity index (χ3n) is 5.45. The Kier molecular flexibility index (Phi) is 7.85. The molecule has 0 bridgehead atoms. The average molecular weight is 497 g/mol. The number of nitrogens with zero attached hydrogens (tertiary/aromatic N) is 3. The van der Waals surface area contributed by atoms with Crippen LogP contribution in [0.4, 0.5) is 4.39 Å². The van der Waals surface area contributed by atoms with E-state index in [1.165, 1.54) is 23.9 Å². The van der Waals surface area contributed by atoms with E-state index < -0.39 is 0 Å². The summed E-state index contributed by atoms with van der Waals surface area (Å²) < 4.78 is 15.5. The highest BCUT2D eigenvalue weighted by atomic mass is 35.5. The molecule has 0 aliphatic heterocycles. The fraction of sp³-hybridized carbons (Fsp3) is 0.269. The number of nitrogens with one attached hydrogen (secondary N) is 1. The van der Waals surface area contributed by atoms with Gasteiger partial charge >= 0.3 is 0 Å². The Morgan fingerprint density at radius 2 is 1.97 bits per heavy atom. The molecule has 8 heteroatoms. The molecule has 1 amide bonds. The molecule has 2 heterocycles. The Morgan fingerprint density at radius 3 is 2.71 bits per heavy atom. The van der Waals surface area contributed by atoms with Crippen molar-refractivity contribution in [2.75, 3.05) is 6.54 Å². The number of thioether (sulfide) groups is 1. The summed E-state index contributed by atoms with van der Waals surface area (Å²) in [5, 5.41) is 4.19. The fourth-order valence-corrected chi connectivity index (χ4v) is 4.84. The van der Waals surface area contributed by atoms with Gasteiger partial charge in [0.25, 0.3) is 5.91 Å². The second kappa shape index (κ2) is 11.0. The number of imidazole rings is 1. The van der Waals surface area contributed by atoms with Crippen LogP contribution in [0.15, 0.2) is 66.1 Å². The van der Waals surface area contributed by atoms with Gasteiger partial charge in [0, 0.05) is 29.1 Å². The maximum absolute atomic E-state index is 13.4. The number of halogens is 2.